The predicted octanol–water partition coefficient (Wildman–Crippen LogP) is 2.35. The highest BCUT2D eigenvalue weighted by molar-refractivity contribution is 7.89. The second-order valence-corrected chi connectivity index (χ2v) is 9.33. The van der Waals surface area contributed by atoms with Crippen molar-refractivity contribution in [2.75, 3.05) is 31.9 Å². The number of aliphatic imine (C=N–C) groups is 1. The summed E-state index contributed by atoms with van der Waals surface area (Å²) in [7, 11) is -3.13. The second kappa shape index (κ2) is 11.3. The summed E-state index contributed by atoms with van der Waals surface area (Å²) < 4.78 is 45.0. The van der Waals surface area contributed by atoms with Crippen LogP contribution in [0.25, 0.3) is 0 Å². The number of piperidine rings is 1. The molecule has 0 saturated carbocycles. The minimum absolute atomic E-state index is 0.167. The summed E-state index contributed by atoms with van der Waals surface area (Å²) >= 11 is 0. The van der Waals surface area contributed by atoms with Crippen LogP contribution in [0.15, 0.2) is 29.3 Å². The fourth-order valence-electron chi connectivity index (χ4n) is 3.21. The van der Waals surface area contributed by atoms with Crippen LogP contribution in [0.4, 0.5) is 4.39 Å². The van der Waals surface area contributed by atoms with Gasteiger partial charge in [-0.05, 0) is 45.2 Å². The Morgan fingerprint density at radius 2 is 2.07 bits per heavy atom. The van der Waals surface area contributed by atoms with Gasteiger partial charge < -0.3 is 15.4 Å². The maximum atomic E-state index is 13.3. The van der Waals surface area contributed by atoms with Crippen LogP contribution in [0.3, 0.4) is 0 Å². The van der Waals surface area contributed by atoms with Gasteiger partial charge >= 0.3 is 0 Å². The molecule has 0 aliphatic carbocycles. The summed E-state index contributed by atoms with van der Waals surface area (Å²) in [4.78, 5) is 4.57. The Bertz CT molecular complexity index is 765. The van der Waals surface area contributed by atoms with E-state index in [1.165, 1.54) is 12.1 Å². The number of nitrogens with one attached hydrogen (secondary N) is 2. The highest BCUT2D eigenvalue weighted by atomic mass is 32.2. The zero-order valence-electron chi connectivity index (χ0n) is 17.5. The van der Waals surface area contributed by atoms with Crippen molar-refractivity contribution in [3.63, 3.8) is 0 Å². The molecule has 1 heterocycles. The lowest BCUT2D eigenvalue weighted by atomic mass is 10.1. The van der Waals surface area contributed by atoms with E-state index >= 15 is 0 Å². The lowest BCUT2D eigenvalue weighted by Crippen LogP contribution is -2.50. The Morgan fingerprint density at radius 3 is 2.69 bits per heavy atom. The first-order valence-corrected chi connectivity index (χ1v) is 11.9. The largest absolute Gasteiger partial charge is 0.489 e. The fraction of sp³-hybridized carbons (Fsp3) is 0.650. The van der Waals surface area contributed by atoms with Gasteiger partial charge in [-0.15, -0.1) is 0 Å². The average molecular weight is 429 g/mol. The number of rotatable bonds is 9. The number of halogens is 1. The summed E-state index contributed by atoms with van der Waals surface area (Å²) in [5.74, 6) is 1.03. The van der Waals surface area contributed by atoms with Gasteiger partial charge in [0.25, 0.3) is 0 Å². The first-order chi connectivity index (χ1) is 13.8. The normalized spacial score (nSPS) is 17.7. The maximum Gasteiger partial charge on any atom is 0.214 e. The summed E-state index contributed by atoms with van der Waals surface area (Å²) in [6.07, 6.45) is 1.90. The van der Waals surface area contributed by atoms with Gasteiger partial charge in [0, 0.05) is 31.7 Å². The summed E-state index contributed by atoms with van der Waals surface area (Å²) in [6, 6.07) is 6.22. The van der Waals surface area contributed by atoms with Gasteiger partial charge in [0.1, 0.15) is 17.7 Å². The molecule has 0 amide bonds. The summed E-state index contributed by atoms with van der Waals surface area (Å²) in [5.41, 5.74) is 0. The van der Waals surface area contributed by atoms with Crippen LogP contribution in [0.2, 0.25) is 0 Å². The van der Waals surface area contributed by atoms with Crippen LogP contribution in [0.1, 0.15) is 40.0 Å². The highest BCUT2D eigenvalue weighted by Gasteiger charge is 2.27. The van der Waals surface area contributed by atoms with E-state index in [0.717, 1.165) is 12.8 Å². The number of ether oxygens (including phenoxy) is 1. The second-order valence-electron chi connectivity index (χ2n) is 7.24. The van der Waals surface area contributed by atoms with Gasteiger partial charge in [-0.2, -0.15) is 0 Å². The third-order valence-corrected chi connectivity index (χ3v) is 6.71. The van der Waals surface area contributed by atoms with Crippen molar-refractivity contribution in [1.29, 1.82) is 0 Å². The van der Waals surface area contributed by atoms with E-state index in [2.05, 4.69) is 15.6 Å². The molecule has 0 aromatic heterocycles. The van der Waals surface area contributed by atoms with Crippen molar-refractivity contribution in [2.24, 2.45) is 4.99 Å². The van der Waals surface area contributed by atoms with E-state index in [-0.39, 0.29) is 23.7 Å². The minimum atomic E-state index is -3.13. The number of hydrogen-bond acceptors (Lipinski definition) is 4. The van der Waals surface area contributed by atoms with E-state index in [1.54, 1.807) is 16.4 Å². The van der Waals surface area contributed by atoms with Crippen LogP contribution in [-0.2, 0) is 10.0 Å². The molecular weight excluding hydrogens is 395 g/mol. The Kier molecular flexibility index (Phi) is 9.16. The molecule has 1 aliphatic heterocycles. The Labute approximate surface area is 173 Å². The van der Waals surface area contributed by atoms with E-state index in [9.17, 15) is 12.8 Å². The zero-order chi connectivity index (χ0) is 21.3. The molecule has 164 valence electrons. The van der Waals surface area contributed by atoms with Crippen molar-refractivity contribution in [3.8, 4) is 5.75 Å². The van der Waals surface area contributed by atoms with Crippen LogP contribution in [0, 0.1) is 5.82 Å². The molecule has 1 saturated heterocycles. The smallest absolute Gasteiger partial charge is 0.214 e. The number of hydrogen-bond donors (Lipinski definition) is 2. The molecule has 1 fully saturated rings. The molecule has 1 aromatic rings. The van der Waals surface area contributed by atoms with Crippen LogP contribution in [-0.4, -0.2) is 62.8 Å². The van der Waals surface area contributed by atoms with E-state index in [0.29, 0.717) is 44.3 Å². The van der Waals surface area contributed by atoms with Gasteiger partial charge in [0.15, 0.2) is 5.96 Å². The van der Waals surface area contributed by atoms with Crippen LogP contribution >= 0.6 is 0 Å². The Balaban J connectivity index is 1.86. The van der Waals surface area contributed by atoms with Gasteiger partial charge in [0.2, 0.25) is 10.0 Å². The quantitative estimate of drug-likeness (QED) is 0.466. The zero-order valence-corrected chi connectivity index (χ0v) is 18.3. The maximum absolute atomic E-state index is 13.3. The summed E-state index contributed by atoms with van der Waals surface area (Å²) in [6.45, 7) is 7.93. The van der Waals surface area contributed by atoms with E-state index < -0.39 is 10.0 Å². The lowest BCUT2D eigenvalue weighted by molar-refractivity contribution is 0.229. The van der Waals surface area contributed by atoms with Gasteiger partial charge in [-0.25, -0.2) is 22.1 Å². The van der Waals surface area contributed by atoms with Gasteiger partial charge in [-0.1, -0.05) is 13.0 Å². The van der Waals surface area contributed by atoms with Crippen molar-refractivity contribution < 1.29 is 17.5 Å². The molecule has 1 unspecified atom stereocenters. The number of guanidine groups is 1. The molecule has 2 rings (SSSR count). The lowest BCUT2D eigenvalue weighted by Gasteiger charge is -2.32. The monoisotopic (exact) mass is 428 g/mol. The van der Waals surface area contributed by atoms with Crippen molar-refractivity contribution in [3.05, 3.63) is 30.1 Å². The van der Waals surface area contributed by atoms with E-state index in [4.69, 9.17) is 4.74 Å². The Morgan fingerprint density at radius 1 is 1.34 bits per heavy atom. The first kappa shape index (κ1) is 23.4. The van der Waals surface area contributed by atoms with E-state index in [1.807, 2.05) is 20.8 Å². The fourth-order valence-corrected chi connectivity index (χ4v) is 4.75. The molecular formula is C20H33FN4O3S. The molecule has 0 bridgehead atoms. The molecule has 1 aliphatic rings. The molecule has 1 atom stereocenters. The van der Waals surface area contributed by atoms with Crippen molar-refractivity contribution in [1.82, 2.24) is 14.9 Å². The van der Waals surface area contributed by atoms with Crippen LogP contribution < -0.4 is 15.4 Å². The predicted molar refractivity (Wildman–Crippen MR) is 114 cm³/mol. The molecule has 9 heteroatoms. The summed E-state index contributed by atoms with van der Waals surface area (Å²) in [5, 5.41) is 6.60. The van der Waals surface area contributed by atoms with Crippen molar-refractivity contribution >= 4 is 16.0 Å². The standard InChI is InChI=1S/C20H33FN4O3S/c1-4-13-29(26,27)25-11-9-18(10-12-25)24-20(22-5-2)23-15-16(3)28-19-8-6-7-17(21)14-19/h6-8,14,16,18H,4-5,9-13,15H2,1-3H3,(H2,22,23,24). The molecule has 1 aromatic carbocycles. The van der Waals surface area contributed by atoms with Gasteiger partial charge in [0.05, 0.1) is 12.3 Å². The first-order valence-electron chi connectivity index (χ1n) is 10.3. The number of benzene rings is 1. The third-order valence-electron chi connectivity index (χ3n) is 4.63. The topological polar surface area (TPSA) is 83.0 Å². The molecule has 0 spiro atoms. The highest BCUT2D eigenvalue weighted by Crippen LogP contribution is 2.16. The van der Waals surface area contributed by atoms with Gasteiger partial charge in [-0.3, -0.25) is 0 Å². The Hall–Kier alpha value is -1.87. The SMILES string of the molecule is CCCS(=O)(=O)N1CCC(NC(=NCC(C)Oc2cccc(F)c2)NCC)CC1. The number of sulfonamides is 1. The molecule has 0 radical (unpaired) electrons. The minimum Gasteiger partial charge on any atom is -0.489 e. The average Bonchev–Trinajstić information content (AvgIpc) is 2.67. The molecule has 2 N–H and O–H groups in total. The van der Waals surface area contributed by atoms with Crippen LogP contribution in [0.5, 0.6) is 5.75 Å². The third kappa shape index (κ3) is 7.81. The molecule has 7 nitrogen and oxygen atoms in total. The molecule has 29 heavy (non-hydrogen) atoms. The van der Waals surface area contributed by atoms with Crippen molar-refractivity contribution in [2.45, 2.75) is 52.2 Å². The number of nitrogens with zero attached hydrogens (tertiary/aromatic N) is 2.